The van der Waals surface area contributed by atoms with Crippen LogP contribution in [0, 0.1) is 17.6 Å². The Kier molecular flexibility index (Phi) is 4.23. The lowest BCUT2D eigenvalue weighted by Crippen LogP contribution is -2.46. The highest BCUT2D eigenvalue weighted by molar-refractivity contribution is 5.99. The van der Waals surface area contributed by atoms with Crippen molar-refractivity contribution in [2.45, 2.75) is 19.4 Å². The van der Waals surface area contributed by atoms with Gasteiger partial charge in [0.05, 0.1) is 11.7 Å². The summed E-state index contributed by atoms with van der Waals surface area (Å²) in [7, 11) is 1.60. The highest BCUT2D eigenvalue weighted by Gasteiger charge is 2.30. The maximum atomic E-state index is 13.3. The van der Waals surface area contributed by atoms with Gasteiger partial charge in [-0.25, -0.2) is 8.78 Å². The van der Waals surface area contributed by atoms with Crippen LogP contribution in [0.1, 0.15) is 23.7 Å². The number of hydrogen-bond acceptors (Lipinski definition) is 3. The van der Waals surface area contributed by atoms with Gasteiger partial charge in [-0.15, -0.1) is 0 Å². The van der Waals surface area contributed by atoms with Crippen molar-refractivity contribution in [1.29, 1.82) is 0 Å². The summed E-state index contributed by atoms with van der Waals surface area (Å²) in [6.07, 6.45) is 0.743. The van der Waals surface area contributed by atoms with Gasteiger partial charge in [0.1, 0.15) is 0 Å². The molecule has 4 nitrogen and oxygen atoms in total. The Hall–Kier alpha value is -1.69. The van der Waals surface area contributed by atoms with E-state index in [1.54, 1.807) is 12.0 Å². The lowest BCUT2D eigenvalue weighted by molar-refractivity contribution is -0.00154. The Bertz CT molecular complexity index is 522. The fraction of sp³-hybridized carbons (Fsp3) is 0.500. The van der Waals surface area contributed by atoms with Gasteiger partial charge in [-0.05, 0) is 18.4 Å². The molecule has 2 N–H and O–H groups in total. The molecule has 0 bridgehead atoms. The van der Waals surface area contributed by atoms with Gasteiger partial charge in [0.2, 0.25) is 0 Å². The van der Waals surface area contributed by atoms with Crippen molar-refractivity contribution < 1.29 is 18.3 Å². The number of anilines is 1. The first-order valence-corrected chi connectivity index (χ1v) is 6.50. The van der Waals surface area contributed by atoms with Crippen molar-refractivity contribution in [3.05, 3.63) is 29.3 Å². The molecule has 2 atom stereocenters. The van der Waals surface area contributed by atoms with Crippen molar-refractivity contribution >= 4 is 11.6 Å². The zero-order chi connectivity index (χ0) is 14.9. The number of nitrogens with two attached hydrogens (primary N) is 1. The third-order valence-corrected chi connectivity index (χ3v) is 3.80. The number of likely N-dealkylation sites (tertiary alicyclic amines) is 1. The summed E-state index contributed by atoms with van der Waals surface area (Å²) in [6.45, 7) is 3.04. The summed E-state index contributed by atoms with van der Waals surface area (Å²) < 4.78 is 31.6. The number of hydrogen-bond donors (Lipinski definition) is 1. The Balaban J connectivity index is 2.21. The zero-order valence-corrected chi connectivity index (χ0v) is 11.5. The summed E-state index contributed by atoms with van der Waals surface area (Å²) in [5, 5.41) is 0. The zero-order valence-electron chi connectivity index (χ0n) is 11.5. The molecule has 20 heavy (non-hydrogen) atoms. The van der Waals surface area contributed by atoms with Crippen LogP contribution in [-0.2, 0) is 4.74 Å². The van der Waals surface area contributed by atoms with Gasteiger partial charge in [0, 0.05) is 32.0 Å². The Morgan fingerprint density at radius 3 is 2.70 bits per heavy atom. The standard InChI is InChI=1S/C14H18F2N2O2/c1-8-3-4-18(7-13(8)20-2)14(19)9-5-10(15)11(16)6-12(9)17/h5-6,8,13H,3-4,7,17H2,1-2H3. The first kappa shape index (κ1) is 14.7. The topological polar surface area (TPSA) is 55.6 Å². The average molecular weight is 284 g/mol. The lowest BCUT2D eigenvalue weighted by atomic mass is 9.95. The number of nitrogens with zero attached hydrogens (tertiary/aromatic N) is 1. The molecule has 0 radical (unpaired) electrons. The minimum absolute atomic E-state index is 0.00620. The van der Waals surface area contributed by atoms with E-state index in [1.165, 1.54) is 0 Å². The summed E-state index contributed by atoms with van der Waals surface area (Å²) in [6, 6.07) is 1.69. The number of piperidine rings is 1. The summed E-state index contributed by atoms with van der Waals surface area (Å²) in [4.78, 5) is 13.9. The second kappa shape index (κ2) is 5.75. The van der Waals surface area contributed by atoms with E-state index >= 15 is 0 Å². The monoisotopic (exact) mass is 284 g/mol. The van der Waals surface area contributed by atoms with Gasteiger partial charge in [0.25, 0.3) is 5.91 Å². The minimum atomic E-state index is -1.07. The van der Waals surface area contributed by atoms with Crippen LogP contribution in [0.5, 0.6) is 0 Å². The van der Waals surface area contributed by atoms with E-state index in [0.29, 0.717) is 19.0 Å². The number of rotatable bonds is 2. The predicted octanol–water partition coefficient (Wildman–Crippen LogP) is 2.04. The molecule has 0 spiro atoms. The van der Waals surface area contributed by atoms with Crippen LogP contribution < -0.4 is 5.73 Å². The summed E-state index contributed by atoms with van der Waals surface area (Å²) in [5.41, 5.74) is 5.55. The van der Waals surface area contributed by atoms with Crippen molar-refractivity contribution in [1.82, 2.24) is 4.90 Å². The number of ether oxygens (including phenoxy) is 1. The van der Waals surface area contributed by atoms with E-state index in [0.717, 1.165) is 18.6 Å². The molecular weight excluding hydrogens is 266 g/mol. The molecular formula is C14H18F2N2O2. The van der Waals surface area contributed by atoms with Crippen molar-refractivity contribution in [3.63, 3.8) is 0 Å². The lowest BCUT2D eigenvalue weighted by Gasteiger charge is -2.36. The molecule has 1 aliphatic rings. The molecule has 2 rings (SSSR count). The molecule has 0 aliphatic carbocycles. The SMILES string of the molecule is COC1CN(C(=O)c2cc(F)c(F)cc2N)CCC1C. The van der Waals surface area contributed by atoms with E-state index in [4.69, 9.17) is 10.5 Å². The number of amides is 1. The van der Waals surface area contributed by atoms with Gasteiger partial charge < -0.3 is 15.4 Å². The highest BCUT2D eigenvalue weighted by Crippen LogP contribution is 2.24. The van der Waals surface area contributed by atoms with Crippen molar-refractivity contribution in [2.75, 3.05) is 25.9 Å². The van der Waals surface area contributed by atoms with Crippen LogP contribution in [0.3, 0.4) is 0 Å². The molecule has 6 heteroatoms. The maximum Gasteiger partial charge on any atom is 0.256 e. The molecule has 1 aromatic rings. The second-order valence-electron chi connectivity index (χ2n) is 5.14. The third-order valence-electron chi connectivity index (χ3n) is 3.80. The van der Waals surface area contributed by atoms with Crippen LogP contribution in [-0.4, -0.2) is 37.1 Å². The van der Waals surface area contributed by atoms with E-state index < -0.39 is 17.5 Å². The third kappa shape index (κ3) is 2.75. The molecule has 110 valence electrons. The fourth-order valence-electron chi connectivity index (χ4n) is 2.44. The van der Waals surface area contributed by atoms with Gasteiger partial charge in [-0.3, -0.25) is 4.79 Å². The molecule has 2 unspecified atom stereocenters. The van der Waals surface area contributed by atoms with Crippen LogP contribution in [0.4, 0.5) is 14.5 Å². The molecule has 1 saturated heterocycles. The quantitative estimate of drug-likeness (QED) is 0.846. The number of halogens is 2. The number of methoxy groups -OCH3 is 1. The summed E-state index contributed by atoms with van der Waals surface area (Å²) >= 11 is 0. The van der Waals surface area contributed by atoms with Gasteiger partial charge in [-0.1, -0.05) is 6.92 Å². The van der Waals surface area contributed by atoms with Crippen LogP contribution in [0.15, 0.2) is 12.1 Å². The molecule has 1 heterocycles. The number of nitrogen functional groups attached to an aromatic ring is 1. The highest BCUT2D eigenvalue weighted by atomic mass is 19.2. The normalized spacial score (nSPS) is 22.9. The van der Waals surface area contributed by atoms with Crippen LogP contribution >= 0.6 is 0 Å². The van der Waals surface area contributed by atoms with E-state index in [2.05, 4.69) is 6.92 Å². The number of carbonyl (C=O) groups excluding carboxylic acids is 1. The molecule has 1 amide bonds. The van der Waals surface area contributed by atoms with Gasteiger partial charge in [-0.2, -0.15) is 0 Å². The second-order valence-corrected chi connectivity index (χ2v) is 5.14. The Morgan fingerprint density at radius 2 is 2.05 bits per heavy atom. The molecule has 1 aliphatic heterocycles. The minimum Gasteiger partial charge on any atom is -0.398 e. The number of carbonyl (C=O) groups is 1. The largest absolute Gasteiger partial charge is 0.398 e. The van der Waals surface area contributed by atoms with Crippen molar-refractivity contribution in [2.24, 2.45) is 5.92 Å². The van der Waals surface area contributed by atoms with E-state index in [9.17, 15) is 13.6 Å². The van der Waals surface area contributed by atoms with Crippen molar-refractivity contribution in [3.8, 4) is 0 Å². The molecule has 1 aromatic carbocycles. The molecule has 0 saturated carbocycles. The first-order valence-electron chi connectivity index (χ1n) is 6.50. The van der Waals surface area contributed by atoms with Crippen LogP contribution in [0.2, 0.25) is 0 Å². The fourth-order valence-corrected chi connectivity index (χ4v) is 2.44. The molecule has 1 fully saturated rings. The average Bonchev–Trinajstić information content (AvgIpc) is 2.42. The molecule has 0 aromatic heterocycles. The van der Waals surface area contributed by atoms with E-state index in [-0.39, 0.29) is 17.4 Å². The smallest absolute Gasteiger partial charge is 0.256 e. The Morgan fingerprint density at radius 1 is 1.40 bits per heavy atom. The number of benzene rings is 1. The maximum absolute atomic E-state index is 13.3. The van der Waals surface area contributed by atoms with E-state index in [1.807, 2.05) is 0 Å². The van der Waals surface area contributed by atoms with Crippen LogP contribution in [0.25, 0.3) is 0 Å². The Labute approximate surface area is 116 Å². The van der Waals surface area contributed by atoms with Gasteiger partial charge >= 0.3 is 0 Å². The summed E-state index contributed by atoms with van der Waals surface area (Å²) in [5.74, 6) is -2.17. The predicted molar refractivity (Wildman–Crippen MR) is 71.3 cm³/mol. The first-order chi connectivity index (χ1) is 9.43. The van der Waals surface area contributed by atoms with Gasteiger partial charge in [0.15, 0.2) is 11.6 Å².